The van der Waals surface area contributed by atoms with E-state index in [4.69, 9.17) is 4.74 Å². The number of hydrogen-bond donors (Lipinski definition) is 0. The quantitative estimate of drug-likeness (QED) is 0.464. The standard InChI is InChI=1S/C11H8O4/c12-10-7-5-14-8-4-2-1-3-6(8)9(7)11(13)15-10/h1-4,7,9H,5H2/t7-,9+/m0/s1. The zero-order valence-corrected chi connectivity index (χ0v) is 7.80. The lowest BCUT2D eigenvalue weighted by Crippen LogP contribution is -2.27. The maximum absolute atomic E-state index is 11.5. The number of fused-ring (bicyclic) bond motifs is 3. The Hall–Kier alpha value is -1.84. The SMILES string of the molecule is O=C1OC(=O)[C@@H]2c3ccccc3OC[C@H]12. The second kappa shape index (κ2) is 2.82. The van der Waals surface area contributed by atoms with Gasteiger partial charge in [0.15, 0.2) is 0 Å². The molecule has 0 unspecified atom stereocenters. The van der Waals surface area contributed by atoms with Gasteiger partial charge in [-0.2, -0.15) is 0 Å². The first-order chi connectivity index (χ1) is 7.27. The van der Waals surface area contributed by atoms with Crippen LogP contribution in [0.25, 0.3) is 0 Å². The molecular formula is C11H8O4. The van der Waals surface area contributed by atoms with Gasteiger partial charge < -0.3 is 9.47 Å². The second-order valence-corrected chi connectivity index (χ2v) is 3.67. The fraction of sp³-hybridized carbons (Fsp3) is 0.273. The highest BCUT2D eigenvalue weighted by molar-refractivity contribution is 6.00. The van der Waals surface area contributed by atoms with E-state index in [0.29, 0.717) is 5.75 Å². The summed E-state index contributed by atoms with van der Waals surface area (Å²) in [7, 11) is 0. The number of carbonyl (C=O) groups excluding carboxylic acids is 2. The first kappa shape index (κ1) is 8.47. The van der Waals surface area contributed by atoms with Crippen LogP contribution >= 0.6 is 0 Å². The van der Waals surface area contributed by atoms with E-state index in [2.05, 4.69) is 4.74 Å². The summed E-state index contributed by atoms with van der Waals surface area (Å²) in [5.41, 5.74) is 0.754. The van der Waals surface area contributed by atoms with E-state index < -0.39 is 23.8 Å². The molecule has 2 atom stereocenters. The smallest absolute Gasteiger partial charge is 0.322 e. The molecule has 0 bridgehead atoms. The average molecular weight is 204 g/mol. The molecule has 1 fully saturated rings. The Morgan fingerprint density at radius 1 is 1.13 bits per heavy atom. The van der Waals surface area contributed by atoms with Crippen molar-refractivity contribution < 1.29 is 19.1 Å². The molecule has 0 N–H and O–H groups in total. The number of ether oxygens (including phenoxy) is 2. The van der Waals surface area contributed by atoms with Crippen molar-refractivity contribution >= 4 is 11.9 Å². The van der Waals surface area contributed by atoms with E-state index in [1.165, 1.54) is 0 Å². The summed E-state index contributed by atoms with van der Waals surface area (Å²) >= 11 is 0. The molecule has 0 radical (unpaired) electrons. The van der Waals surface area contributed by atoms with Gasteiger partial charge in [-0.05, 0) is 6.07 Å². The summed E-state index contributed by atoms with van der Waals surface area (Å²) in [5.74, 6) is -1.19. The Balaban J connectivity index is 2.13. The molecule has 0 aliphatic carbocycles. The van der Waals surface area contributed by atoms with Crippen LogP contribution in [-0.4, -0.2) is 18.5 Å². The largest absolute Gasteiger partial charge is 0.492 e. The van der Waals surface area contributed by atoms with Crippen LogP contribution in [0.1, 0.15) is 11.5 Å². The lowest BCUT2D eigenvalue weighted by atomic mass is 9.86. The molecule has 76 valence electrons. The normalized spacial score (nSPS) is 27.7. The predicted molar refractivity (Wildman–Crippen MR) is 49.3 cm³/mol. The van der Waals surface area contributed by atoms with E-state index in [0.717, 1.165) is 5.56 Å². The van der Waals surface area contributed by atoms with Crippen molar-refractivity contribution in [3.05, 3.63) is 29.8 Å². The average Bonchev–Trinajstić information content (AvgIpc) is 2.55. The number of hydrogen-bond acceptors (Lipinski definition) is 4. The second-order valence-electron chi connectivity index (χ2n) is 3.67. The van der Waals surface area contributed by atoms with E-state index in [-0.39, 0.29) is 6.61 Å². The zero-order chi connectivity index (χ0) is 10.4. The number of rotatable bonds is 0. The van der Waals surface area contributed by atoms with Gasteiger partial charge in [0.05, 0.1) is 0 Å². The molecule has 4 heteroatoms. The molecule has 0 spiro atoms. The minimum atomic E-state index is -0.473. The molecule has 1 aromatic rings. The Labute approximate surface area is 85.8 Å². The Morgan fingerprint density at radius 3 is 2.80 bits per heavy atom. The van der Waals surface area contributed by atoms with Crippen molar-refractivity contribution in [2.45, 2.75) is 5.92 Å². The molecule has 0 saturated carbocycles. The van der Waals surface area contributed by atoms with Crippen LogP contribution in [0.3, 0.4) is 0 Å². The summed E-state index contributed by atoms with van der Waals surface area (Å²) in [6.07, 6.45) is 0. The third-order valence-corrected chi connectivity index (χ3v) is 2.83. The fourth-order valence-corrected chi connectivity index (χ4v) is 2.10. The van der Waals surface area contributed by atoms with Gasteiger partial charge in [-0.1, -0.05) is 18.2 Å². The fourth-order valence-electron chi connectivity index (χ4n) is 2.10. The lowest BCUT2D eigenvalue weighted by Gasteiger charge is -2.23. The summed E-state index contributed by atoms with van der Waals surface area (Å²) in [5, 5.41) is 0. The first-order valence-electron chi connectivity index (χ1n) is 4.74. The van der Waals surface area contributed by atoms with Gasteiger partial charge in [0, 0.05) is 5.56 Å². The topological polar surface area (TPSA) is 52.6 Å². The maximum Gasteiger partial charge on any atom is 0.322 e. The molecule has 2 heterocycles. The summed E-state index contributed by atoms with van der Waals surface area (Å²) in [4.78, 5) is 22.8. The molecule has 1 aromatic carbocycles. The Kier molecular flexibility index (Phi) is 1.59. The molecule has 4 nitrogen and oxygen atoms in total. The molecule has 0 aromatic heterocycles. The molecule has 15 heavy (non-hydrogen) atoms. The highest BCUT2D eigenvalue weighted by Crippen LogP contribution is 2.41. The van der Waals surface area contributed by atoms with Crippen LogP contribution in [0.15, 0.2) is 24.3 Å². The van der Waals surface area contributed by atoms with Crippen molar-refractivity contribution in [3.8, 4) is 5.75 Å². The van der Waals surface area contributed by atoms with Crippen molar-refractivity contribution in [3.63, 3.8) is 0 Å². The van der Waals surface area contributed by atoms with Crippen LogP contribution in [0.2, 0.25) is 0 Å². The summed E-state index contributed by atoms with van der Waals surface area (Å²) in [6.45, 7) is 0.228. The minimum absolute atomic E-state index is 0.228. The third kappa shape index (κ3) is 1.08. The van der Waals surface area contributed by atoms with Crippen LogP contribution in [0.4, 0.5) is 0 Å². The molecule has 3 rings (SSSR count). The predicted octanol–water partition coefficient (Wildman–Crippen LogP) is 0.862. The zero-order valence-electron chi connectivity index (χ0n) is 7.80. The number of cyclic esters (lactones) is 2. The van der Waals surface area contributed by atoms with Gasteiger partial charge in [0.2, 0.25) is 0 Å². The van der Waals surface area contributed by atoms with Gasteiger partial charge in [0.1, 0.15) is 24.2 Å². The van der Waals surface area contributed by atoms with Gasteiger partial charge in [-0.25, -0.2) is 0 Å². The molecular weight excluding hydrogens is 196 g/mol. The van der Waals surface area contributed by atoms with E-state index in [9.17, 15) is 9.59 Å². The molecule has 1 saturated heterocycles. The maximum atomic E-state index is 11.5. The first-order valence-corrected chi connectivity index (χ1v) is 4.74. The minimum Gasteiger partial charge on any atom is -0.492 e. The third-order valence-electron chi connectivity index (χ3n) is 2.83. The van der Waals surface area contributed by atoms with Crippen molar-refractivity contribution in [2.24, 2.45) is 5.92 Å². The number of carbonyl (C=O) groups is 2. The Bertz CT molecular complexity index is 452. The van der Waals surface area contributed by atoms with Crippen LogP contribution in [-0.2, 0) is 14.3 Å². The van der Waals surface area contributed by atoms with Crippen molar-refractivity contribution in [1.29, 1.82) is 0 Å². The van der Waals surface area contributed by atoms with Gasteiger partial charge in [-0.15, -0.1) is 0 Å². The summed E-state index contributed by atoms with van der Waals surface area (Å²) in [6, 6.07) is 7.25. The van der Waals surface area contributed by atoms with Gasteiger partial charge in [0.25, 0.3) is 0 Å². The Morgan fingerprint density at radius 2 is 1.93 bits per heavy atom. The van der Waals surface area contributed by atoms with Gasteiger partial charge >= 0.3 is 11.9 Å². The highest BCUT2D eigenvalue weighted by Gasteiger charge is 2.48. The van der Waals surface area contributed by atoms with Crippen LogP contribution < -0.4 is 4.74 Å². The lowest BCUT2D eigenvalue weighted by molar-refractivity contribution is -0.153. The van der Waals surface area contributed by atoms with E-state index >= 15 is 0 Å². The van der Waals surface area contributed by atoms with Gasteiger partial charge in [-0.3, -0.25) is 9.59 Å². The van der Waals surface area contributed by atoms with Crippen molar-refractivity contribution in [2.75, 3.05) is 6.61 Å². The van der Waals surface area contributed by atoms with Crippen molar-refractivity contribution in [1.82, 2.24) is 0 Å². The van der Waals surface area contributed by atoms with E-state index in [1.807, 2.05) is 12.1 Å². The number of benzene rings is 1. The molecule has 0 amide bonds. The molecule has 2 aliphatic heterocycles. The van der Waals surface area contributed by atoms with E-state index in [1.54, 1.807) is 12.1 Å². The monoisotopic (exact) mass is 204 g/mol. The molecule has 2 aliphatic rings. The highest BCUT2D eigenvalue weighted by atomic mass is 16.6. The van der Waals surface area contributed by atoms with Crippen LogP contribution in [0, 0.1) is 5.92 Å². The summed E-state index contributed by atoms with van der Waals surface area (Å²) < 4.78 is 10.0. The van der Waals surface area contributed by atoms with Crippen LogP contribution in [0.5, 0.6) is 5.75 Å². The number of esters is 2. The number of para-hydroxylation sites is 1.